The van der Waals surface area contributed by atoms with E-state index in [9.17, 15) is 0 Å². The van der Waals surface area contributed by atoms with Crippen LogP contribution in [0.1, 0.15) is 25.8 Å². The van der Waals surface area contributed by atoms with Crippen molar-refractivity contribution in [1.82, 2.24) is 5.32 Å². The molecular weight excluding hydrogens is 250 g/mol. The fraction of sp³-hybridized carbons (Fsp3) is 0.529. The third kappa shape index (κ3) is 7.97. The van der Waals surface area contributed by atoms with Crippen molar-refractivity contribution in [1.29, 1.82) is 0 Å². The molecule has 0 aliphatic carbocycles. The molecule has 0 heterocycles. The molecule has 0 aliphatic rings. The zero-order chi connectivity index (χ0) is 14.6. The van der Waals surface area contributed by atoms with Crippen LogP contribution in [0.2, 0.25) is 0 Å². The fourth-order valence-corrected chi connectivity index (χ4v) is 1.71. The molecule has 0 saturated carbocycles. The molecule has 1 rings (SSSR count). The van der Waals surface area contributed by atoms with Crippen molar-refractivity contribution >= 4 is 0 Å². The van der Waals surface area contributed by atoms with Crippen molar-refractivity contribution in [2.24, 2.45) is 5.92 Å². The number of hydrogen-bond donors (Lipinski definition) is 1. The van der Waals surface area contributed by atoms with Crippen molar-refractivity contribution in [3.05, 3.63) is 42.5 Å². The zero-order valence-corrected chi connectivity index (χ0v) is 12.7. The van der Waals surface area contributed by atoms with Crippen LogP contribution in [0, 0.1) is 5.92 Å². The molecule has 0 spiro atoms. The summed E-state index contributed by atoms with van der Waals surface area (Å²) in [4.78, 5) is 0. The topological polar surface area (TPSA) is 30.5 Å². The Balaban J connectivity index is 2.08. The average Bonchev–Trinajstić information content (AvgIpc) is 2.45. The fourth-order valence-electron chi connectivity index (χ4n) is 1.71. The lowest BCUT2D eigenvalue weighted by Gasteiger charge is -2.08. The first-order valence-corrected chi connectivity index (χ1v) is 7.33. The Morgan fingerprint density at radius 1 is 1.25 bits per heavy atom. The van der Waals surface area contributed by atoms with Crippen LogP contribution in [0.25, 0.3) is 0 Å². The summed E-state index contributed by atoms with van der Waals surface area (Å²) in [6.07, 6.45) is 2.80. The second-order valence-corrected chi connectivity index (χ2v) is 5.24. The van der Waals surface area contributed by atoms with Gasteiger partial charge in [-0.1, -0.05) is 38.6 Å². The van der Waals surface area contributed by atoms with E-state index in [1.54, 1.807) is 6.08 Å². The van der Waals surface area contributed by atoms with Gasteiger partial charge in [0.2, 0.25) is 0 Å². The summed E-state index contributed by atoms with van der Waals surface area (Å²) in [5.74, 6) is 1.50. The molecule has 0 amide bonds. The van der Waals surface area contributed by atoms with Crippen LogP contribution in [0.4, 0.5) is 0 Å². The molecule has 0 unspecified atom stereocenters. The summed E-state index contributed by atoms with van der Waals surface area (Å²) in [5.41, 5.74) is 1.26. The Bertz CT molecular complexity index is 360. The quantitative estimate of drug-likeness (QED) is 0.497. The van der Waals surface area contributed by atoms with Gasteiger partial charge in [0.15, 0.2) is 0 Å². The highest BCUT2D eigenvalue weighted by atomic mass is 16.5. The van der Waals surface area contributed by atoms with Crippen LogP contribution in [-0.2, 0) is 11.3 Å². The third-order valence-electron chi connectivity index (χ3n) is 2.71. The highest BCUT2D eigenvalue weighted by Crippen LogP contribution is 2.11. The van der Waals surface area contributed by atoms with E-state index in [4.69, 9.17) is 9.47 Å². The maximum atomic E-state index is 5.54. The summed E-state index contributed by atoms with van der Waals surface area (Å²) in [6, 6.07) is 8.15. The first-order valence-electron chi connectivity index (χ1n) is 7.33. The molecule has 0 radical (unpaired) electrons. The molecule has 0 atom stereocenters. The molecule has 20 heavy (non-hydrogen) atoms. The first kappa shape index (κ1) is 16.7. The molecular formula is C17H27NO2. The predicted molar refractivity (Wildman–Crippen MR) is 84.1 cm³/mol. The van der Waals surface area contributed by atoms with Gasteiger partial charge in [-0.05, 0) is 36.6 Å². The second kappa shape index (κ2) is 10.5. The molecule has 0 saturated heterocycles. The number of nitrogens with one attached hydrogen (secondary N) is 1. The molecule has 1 N–H and O–H groups in total. The highest BCUT2D eigenvalue weighted by Gasteiger charge is 1.96. The van der Waals surface area contributed by atoms with Gasteiger partial charge in [-0.15, -0.1) is 0 Å². The lowest BCUT2D eigenvalue weighted by molar-refractivity contribution is 0.108. The lowest BCUT2D eigenvalue weighted by atomic mass is 10.2. The van der Waals surface area contributed by atoms with E-state index in [2.05, 4.69) is 37.9 Å². The number of benzene rings is 1. The molecule has 0 aliphatic heterocycles. The molecule has 1 aromatic rings. The van der Waals surface area contributed by atoms with Crippen LogP contribution >= 0.6 is 0 Å². The second-order valence-electron chi connectivity index (χ2n) is 5.24. The maximum Gasteiger partial charge on any atom is 0.119 e. The largest absolute Gasteiger partial charge is 0.490 e. The Morgan fingerprint density at radius 3 is 2.65 bits per heavy atom. The van der Waals surface area contributed by atoms with E-state index < -0.39 is 0 Å². The Hall–Kier alpha value is -1.32. The molecule has 1 aromatic carbocycles. The van der Waals surface area contributed by atoms with Crippen molar-refractivity contribution < 1.29 is 9.47 Å². The summed E-state index contributed by atoms with van der Waals surface area (Å²) in [6.45, 7) is 12.1. The first-order chi connectivity index (χ1) is 9.72. The monoisotopic (exact) mass is 277 g/mol. The Kier molecular flexibility index (Phi) is 8.76. The van der Waals surface area contributed by atoms with Crippen molar-refractivity contribution in [3.8, 4) is 5.75 Å². The summed E-state index contributed by atoms with van der Waals surface area (Å²) in [7, 11) is 0. The SMILES string of the molecule is C=CCOc1ccc(CNCCCOCC(C)C)cc1. The lowest BCUT2D eigenvalue weighted by Crippen LogP contribution is -2.16. The van der Waals surface area contributed by atoms with E-state index in [-0.39, 0.29) is 0 Å². The molecule has 3 nitrogen and oxygen atoms in total. The van der Waals surface area contributed by atoms with E-state index in [0.29, 0.717) is 12.5 Å². The predicted octanol–water partition coefficient (Wildman–Crippen LogP) is 3.40. The van der Waals surface area contributed by atoms with Gasteiger partial charge >= 0.3 is 0 Å². The summed E-state index contributed by atoms with van der Waals surface area (Å²) >= 11 is 0. The van der Waals surface area contributed by atoms with Gasteiger partial charge in [0.25, 0.3) is 0 Å². The Morgan fingerprint density at radius 2 is 2.00 bits per heavy atom. The number of ether oxygens (including phenoxy) is 2. The van der Waals surface area contributed by atoms with Crippen LogP contribution in [0.15, 0.2) is 36.9 Å². The van der Waals surface area contributed by atoms with Gasteiger partial charge < -0.3 is 14.8 Å². The maximum absolute atomic E-state index is 5.54. The Labute approximate surface area is 123 Å². The highest BCUT2D eigenvalue weighted by molar-refractivity contribution is 5.27. The van der Waals surface area contributed by atoms with E-state index in [1.165, 1.54) is 5.56 Å². The standard InChI is InChI=1S/C17H27NO2/c1-4-11-20-17-8-6-16(7-9-17)13-18-10-5-12-19-14-15(2)3/h4,6-9,15,18H,1,5,10-14H2,2-3H3. The minimum atomic E-state index is 0.550. The molecule has 0 fully saturated rings. The smallest absolute Gasteiger partial charge is 0.119 e. The van der Waals surface area contributed by atoms with E-state index >= 15 is 0 Å². The van der Waals surface area contributed by atoms with Crippen LogP contribution in [0.5, 0.6) is 5.75 Å². The van der Waals surface area contributed by atoms with Crippen molar-refractivity contribution in [2.75, 3.05) is 26.4 Å². The van der Waals surface area contributed by atoms with Crippen molar-refractivity contribution in [2.45, 2.75) is 26.8 Å². The van der Waals surface area contributed by atoms with E-state index in [0.717, 1.165) is 38.5 Å². The van der Waals surface area contributed by atoms with Crippen LogP contribution in [-0.4, -0.2) is 26.4 Å². The number of rotatable bonds is 11. The molecule has 3 heteroatoms. The van der Waals surface area contributed by atoms with Gasteiger partial charge in [-0.25, -0.2) is 0 Å². The number of hydrogen-bond acceptors (Lipinski definition) is 3. The van der Waals surface area contributed by atoms with Gasteiger partial charge in [-0.3, -0.25) is 0 Å². The van der Waals surface area contributed by atoms with Gasteiger partial charge in [0.1, 0.15) is 12.4 Å². The summed E-state index contributed by atoms with van der Waals surface area (Å²) in [5, 5.41) is 3.42. The minimum Gasteiger partial charge on any atom is -0.490 e. The van der Waals surface area contributed by atoms with E-state index in [1.807, 2.05) is 12.1 Å². The van der Waals surface area contributed by atoms with Gasteiger partial charge in [0, 0.05) is 19.8 Å². The summed E-state index contributed by atoms with van der Waals surface area (Å²) < 4.78 is 11.0. The molecule has 112 valence electrons. The van der Waals surface area contributed by atoms with Crippen LogP contribution < -0.4 is 10.1 Å². The molecule has 0 aromatic heterocycles. The van der Waals surface area contributed by atoms with Crippen molar-refractivity contribution in [3.63, 3.8) is 0 Å². The normalized spacial score (nSPS) is 10.8. The zero-order valence-electron chi connectivity index (χ0n) is 12.7. The molecule has 0 bridgehead atoms. The van der Waals surface area contributed by atoms with Gasteiger partial charge in [-0.2, -0.15) is 0 Å². The van der Waals surface area contributed by atoms with Crippen LogP contribution in [0.3, 0.4) is 0 Å². The average molecular weight is 277 g/mol. The third-order valence-corrected chi connectivity index (χ3v) is 2.71. The van der Waals surface area contributed by atoms with Gasteiger partial charge in [0.05, 0.1) is 0 Å². The minimum absolute atomic E-state index is 0.550.